The summed E-state index contributed by atoms with van der Waals surface area (Å²) in [5.41, 5.74) is 6.17. The molecule has 180 valence electrons. The fourth-order valence-corrected chi connectivity index (χ4v) is 4.42. The highest BCUT2D eigenvalue weighted by atomic mass is 16.5. The van der Waals surface area contributed by atoms with E-state index in [0.717, 1.165) is 33.8 Å². The van der Waals surface area contributed by atoms with Crippen LogP contribution in [0.25, 0.3) is 0 Å². The molecule has 0 aliphatic carbocycles. The predicted octanol–water partition coefficient (Wildman–Crippen LogP) is 6.81. The van der Waals surface area contributed by atoms with Crippen LogP contribution in [0.2, 0.25) is 0 Å². The number of ketones is 1. The van der Waals surface area contributed by atoms with E-state index >= 15 is 0 Å². The van der Waals surface area contributed by atoms with Gasteiger partial charge in [-0.1, -0.05) is 72.8 Å². The summed E-state index contributed by atoms with van der Waals surface area (Å²) in [6, 6.07) is 34.3. The number of anilines is 2. The minimum Gasteiger partial charge on any atom is -0.488 e. The third-order valence-electron chi connectivity index (χ3n) is 6.45. The van der Waals surface area contributed by atoms with Gasteiger partial charge >= 0.3 is 0 Å². The lowest BCUT2D eigenvalue weighted by atomic mass is 10.1. The molecule has 0 spiro atoms. The van der Waals surface area contributed by atoms with E-state index in [4.69, 9.17) is 9.84 Å². The Kier molecular flexibility index (Phi) is 6.54. The quantitative estimate of drug-likeness (QED) is 0.295. The van der Waals surface area contributed by atoms with Crippen molar-refractivity contribution in [2.24, 2.45) is 5.10 Å². The van der Waals surface area contributed by atoms with Gasteiger partial charge in [0.05, 0.1) is 5.69 Å². The molecule has 1 aliphatic heterocycles. The minimum absolute atomic E-state index is 0.0978. The number of carbonyl (C=O) groups excluding carboxylic acids is 1. The van der Waals surface area contributed by atoms with Crippen LogP contribution in [0.1, 0.15) is 35.3 Å². The van der Waals surface area contributed by atoms with Gasteiger partial charge in [0, 0.05) is 18.2 Å². The van der Waals surface area contributed by atoms with Crippen LogP contribution in [-0.4, -0.2) is 11.6 Å². The molecule has 1 aliphatic rings. The number of rotatable bonds is 7. The third-order valence-corrected chi connectivity index (χ3v) is 6.45. The van der Waals surface area contributed by atoms with E-state index in [-0.39, 0.29) is 5.78 Å². The molecule has 1 heterocycles. The van der Waals surface area contributed by atoms with Gasteiger partial charge in [-0.2, -0.15) is 0 Å². The molecule has 0 radical (unpaired) electrons. The van der Waals surface area contributed by atoms with Crippen molar-refractivity contribution >= 4 is 23.0 Å². The van der Waals surface area contributed by atoms with Crippen molar-refractivity contribution in [3.63, 3.8) is 0 Å². The van der Waals surface area contributed by atoms with Crippen LogP contribution in [0.15, 0.2) is 108 Å². The zero-order valence-corrected chi connectivity index (χ0v) is 20.8. The van der Waals surface area contributed by atoms with Crippen molar-refractivity contribution in [1.82, 2.24) is 0 Å². The van der Waals surface area contributed by atoms with Gasteiger partial charge in [-0.3, -0.25) is 9.69 Å². The fraction of sp³-hybridized carbons (Fsp3) is 0.161. The smallest absolute Gasteiger partial charge is 0.198 e. The highest BCUT2D eigenvalue weighted by molar-refractivity contribution is 6.44. The summed E-state index contributed by atoms with van der Waals surface area (Å²) in [6.45, 7) is 6.18. The first-order valence-corrected chi connectivity index (χ1v) is 12.1. The van der Waals surface area contributed by atoms with E-state index in [2.05, 4.69) is 32.0 Å². The van der Waals surface area contributed by atoms with Gasteiger partial charge in [0.25, 0.3) is 0 Å². The number of hydrazone groups is 1. The number of carbonyl (C=O) groups is 1. The minimum atomic E-state index is -0.402. The average Bonchev–Trinajstić information content (AvgIpc) is 3.31. The molecule has 0 N–H and O–H groups in total. The number of Topliss-reactive ketones (excluding diaryl/α,β-unsaturated/α-hetero) is 1. The Labute approximate surface area is 212 Å². The van der Waals surface area contributed by atoms with Gasteiger partial charge in [0.1, 0.15) is 12.4 Å². The molecule has 5 heteroatoms. The fourth-order valence-electron chi connectivity index (χ4n) is 4.42. The van der Waals surface area contributed by atoms with Crippen molar-refractivity contribution in [2.45, 2.75) is 33.5 Å². The summed E-state index contributed by atoms with van der Waals surface area (Å²) in [7, 11) is 0. The van der Waals surface area contributed by atoms with Crippen molar-refractivity contribution in [3.05, 3.63) is 125 Å². The average molecular weight is 476 g/mol. The van der Waals surface area contributed by atoms with Gasteiger partial charge in [0.2, 0.25) is 0 Å². The second kappa shape index (κ2) is 10.1. The number of nitrogens with zero attached hydrogens (tertiary/aromatic N) is 3. The number of para-hydroxylation sites is 2. The second-order valence-electron chi connectivity index (χ2n) is 8.98. The lowest BCUT2D eigenvalue weighted by Gasteiger charge is -2.33. The zero-order chi connectivity index (χ0) is 25.1. The molecule has 0 aromatic heterocycles. The van der Waals surface area contributed by atoms with Crippen molar-refractivity contribution in [1.29, 1.82) is 0 Å². The molecule has 5 nitrogen and oxygen atoms in total. The molecule has 36 heavy (non-hydrogen) atoms. The monoisotopic (exact) mass is 475 g/mol. The SMILES string of the molecule is CC(=O)C1=NN(c2ccccc2)[C@H](c2ccccc2OCc2ccccc2)N1c1ccc(C)c(C)c1. The number of benzene rings is 4. The zero-order valence-electron chi connectivity index (χ0n) is 20.8. The maximum atomic E-state index is 12.9. The van der Waals surface area contributed by atoms with E-state index in [1.807, 2.05) is 94.8 Å². The largest absolute Gasteiger partial charge is 0.488 e. The molecule has 0 saturated heterocycles. The first-order chi connectivity index (χ1) is 17.5. The number of amidine groups is 1. The molecule has 4 aromatic rings. The summed E-state index contributed by atoms with van der Waals surface area (Å²) in [6.07, 6.45) is -0.402. The Morgan fingerprint density at radius 3 is 2.17 bits per heavy atom. The van der Waals surface area contributed by atoms with Gasteiger partial charge in [-0.05, 0) is 60.9 Å². The topological polar surface area (TPSA) is 45.1 Å². The van der Waals surface area contributed by atoms with Crippen molar-refractivity contribution < 1.29 is 9.53 Å². The van der Waals surface area contributed by atoms with E-state index in [0.29, 0.717) is 12.4 Å². The van der Waals surface area contributed by atoms with Crippen LogP contribution in [0, 0.1) is 13.8 Å². The normalized spacial score (nSPS) is 15.1. The Morgan fingerprint density at radius 1 is 0.806 bits per heavy atom. The third kappa shape index (κ3) is 4.60. The van der Waals surface area contributed by atoms with Crippen LogP contribution in [0.4, 0.5) is 11.4 Å². The maximum absolute atomic E-state index is 12.9. The number of hydrogen-bond donors (Lipinski definition) is 0. The summed E-state index contributed by atoms with van der Waals surface area (Å²) < 4.78 is 6.35. The van der Waals surface area contributed by atoms with Crippen LogP contribution in [0.5, 0.6) is 5.75 Å². The molecule has 4 aromatic carbocycles. The van der Waals surface area contributed by atoms with Gasteiger partial charge in [0.15, 0.2) is 17.8 Å². The number of aryl methyl sites for hydroxylation is 2. The highest BCUT2D eigenvalue weighted by Gasteiger charge is 2.40. The lowest BCUT2D eigenvalue weighted by molar-refractivity contribution is -0.111. The first-order valence-electron chi connectivity index (χ1n) is 12.1. The van der Waals surface area contributed by atoms with E-state index in [1.54, 1.807) is 6.92 Å². The first kappa shape index (κ1) is 23.4. The molecule has 0 amide bonds. The summed E-state index contributed by atoms with van der Waals surface area (Å²) in [5, 5.41) is 6.77. The van der Waals surface area contributed by atoms with Gasteiger partial charge in [-0.15, -0.1) is 5.10 Å². The van der Waals surface area contributed by atoms with E-state index in [1.165, 1.54) is 5.56 Å². The van der Waals surface area contributed by atoms with Crippen LogP contribution < -0.4 is 14.6 Å². The Hall–Kier alpha value is -4.38. The number of ether oxygens (including phenoxy) is 1. The summed E-state index contributed by atoms with van der Waals surface area (Å²) >= 11 is 0. The molecule has 0 bridgehead atoms. The van der Waals surface area contributed by atoms with Crippen molar-refractivity contribution in [2.75, 3.05) is 9.91 Å². The van der Waals surface area contributed by atoms with E-state index < -0.39 is 6.17 Å². The van der Waals surface area contributed by atoms with Crippen LogP contribution in [0.3, 0.4) is 0 Å². The van der Waals surface area contributed by atoms with Gasteiger partial charge in [-0.25, -0.2) is 5.01 Å². The van der Waals surface area contributed by atoms with Crippen molar-refractivity contribution in [3.8, 4) is 5.75 Å². The molecule has 5 rings (SSSR count). The molecule has 1 atom stereocenters. The lowest BCUT2D eigenvalue weighted by Crippen LogP contribution is -2.38. The molecular weight excluding hydrogens is 446 g/mol. The number of hydrogen-bond acceptors (Lipinski definition) is 5. The van der Waals surface area contributed by atoms with Crippen LogP contribution >= 0.6 is 0 Å². The molecular formula is C31H29N3O2. The molecule has 0 unspecified atom stereocenters. The standard InChI is InChI=1S/C31H29N3O2/c1-22-18-19-27(20-23(22)2)33-30(24(3)35)32-34(26-14-8-5-9-15-26)31(33)28-16-10-11-17-29(28)36-21-25-12-6-4-7-13-25/h4-20,31H,21H2,1-3H3/t31-/m1/s1. The molecule has 0 saturated carbocycles. The van der Waals surface area contributed by atoms with E-state index in [9.17, 15) is 4.79 Å². The highest BCUT2D eigenvalue weighted by Crippen LogP contribution is 2.42. The predicted molar refractivity (Wildman–Crippen MR) is 145 cm³/mol. The Bertz CT molecular complexity index is 1400. The van der Waals surface area contributed by atoms with Crippen LogP contribution in [-0.2, 0) is 11.4 Å². The molecule has 0 fully saturated rings. The Balaban J connectivity index is 1.64. The second-order valence-corrected chi connectivity index (χ2v) is 8.98. The van der Waals surface area contributed by atoms with Gasteiger partial charge < -0.3 is 4.74 Å². The summed E-state index contributed by atoms with van der Waals surface area (Å²) in [4.78, 5) is 14.9. The maximum Gasteiger partial charge on any atom is 0.198 e. The Morgan fingerprint density at radius 2 is 1.47 bits per heavy atom. The summed E-state index contributed by atoms with van der Waals surface area (Å²) in [5.74, 6) is 1.05.